The van der Waals surface area contributed by atoms with Crippen LogP contribution < -0.4 is 4.74 Å². The lowest BCUT2D eigenvalue weighted by Gasteiger charge is -2.29. The summed E-state index contributed by atoms with van der Waals surface area (Å²) in [4.78, 5) is 15.0. The number of rotatable bonds is 7. The van der Waals surface area contributed by atoms with Crippen molar-refractivity contribution in [3.05, 3.63) is 42.0 Å². The van der Waals surface area contributed by atoms with Crippen LogP contribution in [-0.2, 0) is 0 Å². The van der Waals surface area contributed by atoms with E-state index in [0.717, 1.165) is 31.1 Å². The van der Waals surface area contributed by atoms with Crippen molar-refractivity contribution in [3.8, 4) is 5.75 Å². The number of nitrogens with zero attached hydrogens (tertiary/aromatic N) is 1. The molecule has 0 saturated carbocycles. The molecule has 1 aromatic rings. The highest BCUT2D eigenvalue weighted by atomic mass is 16.5. The van der Waals surface area contributed by atoms with Crippen molar-refractivity contribution in [3.63, 3.8) is 0 Å². The lowest BCUT2D eigenvalue weighted by molar-refractivity contribution is 0.0949. The monoisotopic (exact) mass is 301 g/mol. The summed E-state index contributed by atoms with van der Waals surface area (Å²) in [5.41, 5.74) is 1.79. The van der Waals surface area contributed by atoms with Crippen LogP contribution in [0.3, 0.4) is 0 Å². The van der Waals surface area contributed by atoms with Gasteiger partial charge in [0.2, 0.25) is 0 Å². The zero-order valence-corrected chi connectivity index (χ0v) is 13.8. The SMILES string of the molecule is C=CCOc1ccc(C)cc1C(=O)CCN1CCC(C)CC1. The van der Waals surface area contributed by atoms with Gasteiger partial charge in [0.15, 0.2) is 5.78 Å². The minimum Gasteiger partial charge on any atom is -0.489 e. The lowest BCUT2D eigenvalue weighted by atomic mass is 9.98. The molecule has 0 radical (unpaired) electrons. The fourth-order valence-corrected chi connectivity index (χ4v) is 2.82. The van der Waals surface area contributed by atoms with Crippen molar-refractivity contribution >= 4 is 5.78 Å². The van der Waals surface area contributed by atoms with E-state index < -0.39 is 0 Å². The summed E-state index contributed by atoms with van der Waals surface area (Å²) in [6.07, 6.45) is 4.74. The first-order valence-corrected chi connectivity index (χ1v) is 8.20. The summed E-state index contributed by atoms with van der Waals surface area (Å²) < 4.78 is 5.62. The third-order valence-corrected chi connectivity index (χ3v) is 4.32. The fraction of sp³-hybridized carbons (Fsp3) is 0.526. The number of Topliss-reactive ketones (excluding diaryl/α,β-unsaturated/α-hetero) is 1. The molecule has 0 spiro atoms. The number of benzene rings is 1. The van der Waals surface area contributed by atoms with Crippen LogP contribution in [0.25, 0.3) is 0 Å². The summed E-state index contributed by atoms with van der Waals surface area (Å²) in [5, 5.41) is 0. The Hall–Kier alpha value is -1.61. The highest BCUT2D eigenvalue weighted by Crippen LogP contribution is 2.22. The minimum atomic E-state index is 0.168. The number of likely N-dealkylation sites (tertiary alicyclic amines) is 1. The molecular formula is C19H27NO2. The summed E-state index contributed by atoms with van der Waals surface area (Å²) >= 11 is 0. The summed E-state index contributed by atoms with van der Waals surface area (Å²) in [6.45, 7) is 11.5. The molecule has 1 heterocycles. The average Bonchev–Trinajstić information content (AvgIpc) is 2.53. The molecule has 0 N–H and O–H groups in total. The van der Waals surface area contributed by atoms with Gasteiger partial charge >= 0.3 is 0 Å². The molecule has 0 aromatic heterocycles. The van der Waals surface area contributed by atoms with Gasteiger partial charge in [-0.3, -0.25) is 4.79 Å². The number of hydrogen-bond acceptors (Lipinski definition) is 3. The van der Waals surface area contributed by atoms with Crippen molar-refractivity contribution < 1.29 is 9.53 Å². The second-order valence-electron chi connectivity index (χ2n) is 6.30. The number of carbonyl (C=O) groups is 1. The molecule has 2 rings (SSSR count). The van der Waals surface area contributed by atoms with Gasteiger partial charge in [0.1, 0.15) is 12.4 Å². The largest absolute Gasteiger partial charge is 0.489 e. The summed E-state index contributed by atoms with van der Waals surface area (Å²) in [5.74, 6) is 1.66. The molecule has 22 heavy (non-hydrogen) atoms. The van der Waals surface area contributed by atoms with E-state index in [1.54, 1.807) is 6.08 Å². The van der Waals surface area contributed by atoms with Crippen LogP contribution in [0.4, 0.5) is 0 Å². The molecule has 1 aliphatic heterocycles. The van der Waals surface area contributed by atoms with E-state index in [9.17, 15) is 4.79 Å². The molecule has 1 fully saturated rings. The first-order chi connectivity index (χ1) is 10.6. The Morgan fingerprint density at radius 2 is 2.14 bits per heavy atom. The van der Waals surface area contributed by atoms with Crippen molar-refractivity contribution in [1.82, 2.24) is 4.90 Å². The van der Waals surface area contributed by atoms with Gasteiger partial charge in [-0.2, -0.15) is 0 Å². The molecule has 1 aromatic carbocycles. The van der Waals surface area contributed by atoms with Crippen LogP contribution in [0.2, 0.25) is 0 Å². The molecule has 0 aliphatic carbocycles. The highest BCUT2D eigenvalue weighted by molar-refractivity contribution is 5.99. The van der Waals surface area contributed by atoms with Gasteiger partial charge in [-0.1, -0.05) is 31.2 Å². The number of ether oxygens (including phenoxy) is 1. The number of carbonyl (C=O) groups excluding carboxylic acids is 1. The Bertz CT molecular complexity index is 516. The van der Waals surface area contributed by atoms with Crippen LogP contribution in [-0.4, -0.2) is 36.9 Å². The molecule has 0 atom stereocenters. The molecule has 0 unspecified atom stereocenters. The minimum absolute atomic E-state index is 0.168. The van der Waals surface area contributed by atoms with Gasteiger partial charge < -0.3 is 9.64 Å². The molecular weight excluding hydrogens is 274 g/mol. The van der Waals surface area contributed by atoms with Crippen LogP contribution in [0.1, 0.15) is 42.1 Å². The van der Waals surface area contributed by atoms with Gasteiger partial charge in [0.25, 0.3) is 0 Å². The van der Waals surface area contributed by atoms with E-state index in [-0.39, 0.29) is 5.78 Å². The van der Waals surface area contributed by atoms with Crippen LogP contribution in [0.15, 0.2) is 30.9 Å². The molecule has 3 heteroatoms. The van der Waals surface area contributed by atoms with E-state index in [0.29, 0.717) is 24.3 Å². The summed E-state index contributed by atoms with van der Waals surface area (Å²) in [6, 6.07) is 5.79. The van der Waals surface area contributed by atoms with Crippen LogP contribution in [0, 0.1) is 12.8 Å². The maximum absolute atomic E-state index is 12.6. The van der Waals surface area contributed by atoms with Crippen LogP contribution in [0.5, 0.6) is 5.75 Å². The van der Waals surface area contributed by atoms with Gasteiger partial charge in [0, 0.05) is 13.0 Å². The third-order valence-electron chi connectivity index (χ3n) is 4.32. The second-order valence-corrected chi connectivity index (χ2v) is 6.30. The van der Waals surface area contributed by atoms with Crippen molar-refractivity contribution in [2.75, 3.05) is 26.2 Å². The van der Waals surface area contributed by atoms with Gasteiger partial charge in [-0.05, 0) is 50.9 Å². The predicted molar refractivity (Wildman–Crippen MR) is 90.7 cm³/mol. The topological polar surface area (TPSA) is 29.5 Å². The maximum Gasteiger partial charge on any atom is 0.167 e. The van der Waals surface area contributed by atoms with Crippen LogP contribution >= 0.6 is 0 Å². The number of ketones is 1. The second kappa shape index (κ2) is 8.14. The molecule has 3 nitrogen and oxygen atoms in total. The molecule has 0 amide bonds. The molecule has 120 valence electrons. The summed E-state index contributed by atoms with van der Waals surface area (Å²) in [7, 11) is 0. The maximum atomic E-state index is 12.6. The van der Waals surface area contributed by atoms with E-state index >= 15 is 0 Å². The predicted octanol–water partition coefficient (Wildman–Crippen LogP) is 3.86. The molecule has 1 saturated heterocycles. The van der Waals surface area contributed by atoms with E-state index in [2.05, 4.69) is 18.4 Å². The van der Waals surface area contributed by atoms with Gasteiger partial charge in [-0.15, -0.1) is 0 Å². The Kier molecular flexibility index (Phi) is 6.20. The lowest BCUT2D eigenvalue weighted by Crippen LogP contribution is -2.34. The zero-order valence-electron chi connectivity index (χ0n) is 13.8. The first-order valence-electron chi connectivity index (χ1n) is 8.20. The van der Waals surface area contributed by atoms with Crippen molar-refractivity contribution in [1.29, 1.82) is 0 Å². The zero-order chi connectivity index (χ0) is 15.9. The van der Waals surface area contributed by atoms with Gasteiger partial charge in [-0.25, -0.2) is 0 Å². The first kappa shape index (κ1) is 16.8. The Morgan fingerprint density at radius 1 is 1.41 bits per heavy atom. The standard InChI is InChI=1S/C19H27NO2/c1-4-13-22-19-6-5-16(3)14-17(19)18(21)9-12-20-10-7-15(2)8-11-20/h4-6,14-15H,1,7-13H2,2-3H3. The Balaban J connectivity index is 1.96. The molecule has 1 aliphatic rings. The van der Waals surface area contributed by atoms with Crippen molar-refractivity contribution in [2.45, 2.75) is 33.1 Å². The Morgan fingerprint density at radius 3 is 2.82 bits per heavy atom. The number of aryl methyl sites for hydroxylation is 1. The number of piperidine rings is 1. The fourth-order valence-electron chi connectivity index (χ4n) is 2.82. The smallest absolute Gasteiger partial charge is 0.167 e. The van der Waals surface area contributed by atoms with E-state index in [1.165, 1.54) is 12.8 Å². The highest BCUT2D eigenvalue weighted by Gasteiger charge is 2.18. The average molecular weight is 301 g/mol. The van der Waals surface area contributed by atoms with Crippen molar-refractivity contribution in [2.24, 2.45) is 5.92 Å². The number of hydrogen-bond donors (Lipinski definition) is 0. The Labute approximate surface area is 134 Å². The van der Waals surface area contributed by atoms with E-state index in [4.69, 9.17) is 4.74 Å². The normalized spacial score (nSPS) is 16.5. The third kappa shape index (κ3) is 4.70. The van der Waals surface area contributed by atoms with E-state index in [1.807, 2.05) is 25.1 Å². The quantitative estimate of drug-likeness (QED) is 0.565. The molecule has 0 bridgehead atoms. The van der Waals surface area contributed by atoms with Gasteiger partial charge in [0.05, 0.1) is 5.56 Å².